The zero-order chi connectivity index (χ0) is 15.5. The van der Waals surface area contributed by atoms with Gasteiger partial charge >= 0.3 is 0 Å². The third-order valence-electron chi connectivity index (χ3n) is 4.70. The van der Waals surface area contributed by atoms with Crippen molar-refractivity contribution in [2.45, 2.75) is 38.5 Å². The molecule has 0 aliphatic heterocycles. The smallest absolute Gasteiger partial charge is 0.253 e. The second kappa shape index (κ2) is 6.55. The maximum absolute atomic E-state index is 12.5. The average Bonchev–Trinajstić information content (AvgIpc) is 2.70. The van der Waals surface area contributed by atoms with E-state index < -0.39 is 0 Å². The van der Waals surface area contributed by atoms with Crippen LogP contribution in [0.25, 0.3) is 10.9 Å². The molecule has 1 aliphatic rings. The molecule has 4 nitrogen and oxygen atoms in total. The molecule has 0 saturated heterocycles. The first kappa shape index (κ1) is 15.1. The van der Waals surface area contributed by atoms with Crippen molar-refractivity contribution in [2.75, 3.05) is 6.54 Å². The Morgan fingerprint density at radius 1 is 1.36 bits per heavy atom. The van der Waals surface area contributed by atoms with Crippen molar-refractivity contribution >= 4 is 30.2 Å². The van der Waals surface area contributed by atoms with Crippen LogP contribution in [0.15, 0.2) is 18.5 Å². The number of carbonyl (C=O) groups excluding carboxylic acids is 1. The molecule has 0 aromatic carbocycles. The number of hydrogen-bond acceptors (Lipinski definition) is 2. The molecule has 3 rings (SSSR count). The van der Waals surface area contributed by atoms with Crippen LogP contribution < -0.4 is 10.9 Å². The van der Waals surface area contributed by atoms with Gasteiger partial charge in [0.1, 0.15) is 7.85 Å². The van der Waals surface area contributed by atoms with E-state index in [4.69, 9.17) is 7.85 Å². The number of aromatic nitrogens is 2. The predicted molar refractivity (Wildman–Crippen MR) is 89.6 cm³/mol. The standard InChI is InChI=1S/C17H22BN3O/c1-21-11-13(15-14(21)8-9-19-16(15)18)17(22)20-10-12-6-4-2-3-5-7-12/h8-9,11-12H,2-7,10H2,1H3,(H,20,22). The summed E-state index contributed by atoms with van der Waals surface area (Å²) in [6.07, 6.45) is 11.2. The molecule has 2 heterocycles. The van der Waals surface area contributed by atoms with Crippen molar-refractivity contribution in [2.24, 2.45) is 13.0 Å². The van der Waals surface area contributed by atoms with Gasteiger partial charge in [0.15, 0.2) is 0 Å². The number of fused-ring (bicyclic) bond motifs is 1. The molecule has 2 aromatic heterocycles. The second-order valence-corrected chi connectivity index (χ2v) is 6.31. The van der Waals surface area contributed by atoms with Crippen LogP contribution >= 0.6 is 0 Å². The van der Waals surface area contributed by atoms with E-state index >= 15 is 0 Å². The number of nitrogens with zero attached hydrogens (tertiary/aromatic N) is 2. The summed E-state index contributed by atoms with van der Waals surface area (Å²) in [7, 11) is 7.88. The van der Waals surface area contributed by atoms with E-state index in [9.17, 15) is 4.79 Å². The molecule has 2 radical (unpaired) electrons. The van der Waals surface area contributed by atoms with Gasteiger partial charge < -0.3 is 9.88 Å². The van der Waals surface area contributed by atoms with Crippen molar-refractivity contribution < 1.29 is 4.79 Å². The fourth-order valence-corrected chi connectivity index (χ4v) is 3.44. The molecule has 0 bridgehead atoms. The molecule has 0 atom stereocenters. The molecule has 1 N–H and O–H groups in total. The van der Waals surface area contributed by atoms with Crippen LogP contribution in [-0.2, 0) is 7.05 Å². The van der Waals surface area contributed by atoms with E-state index in [0.717, 1.165) is 17.4 Å². The van der Waals surface area contributed by atoms with Crippen LogP contribution in [0.5, 0.6) is 0 Å². The summed E-state index contributed by atoms with van der Waals surface area (Å²) in [4.78, 5) is 16.7. The first-order chi connectivity index (χ1) is 10.7. The molecular formula is C17H22BN3O. The SMILES string of the molecule is [B]c1nccc2c1c(C(=O)NCC1CCCCCC1)cn2C. The third-order valence-corrected chi connectivity index (χ3v) is 4.70. The molecule has 5 heteroatoms. The highest BCUT2D eigenvalue weighted by atomic mass is 16.1. The van der Waals surface area contributed by atoms with Gasteiger partial charge in [-0.05, 0) is 30.4 Å². The maximum atomic E-state index is 12.5. The zero-order valence-electron chi connectivity index (χ0n) is 13.1. The minimum absolute atomic E-state index is 0.0467. The van der Waals surface area contributed by atoms with Crippen LogP contribution in [0.1, 0.15) is 48.9 Å². The van der Waals surface area contributed by atoms with Crippen molar-refractivity contribution in [1.82, 2.24) is 14.9 Å². The van der Waals surface area contributed by atoms with Gasteiger partial charge in [-0.2, -0.15) is 0 Å². The Bertz CT molecular complexity index is 672. The molecule has 0 unspecified atom stereocenters. The van der Waals surface area contributed by atoms with Crippen molar-refractivity contribution in [3.05, 3.63) is 24.0 Å². The van der Waals surface area contributed by atoms with E-state index in [1.807, 2.05) is 23.9 Å². The number of hydrogen-bond donors (Lipinski definition) is 1. The van der Waals surface area contributed by atoms with Gasteiger partial charge in [0.2, 0.25) is 0 Å². The molecule has 2 aromatic rings. The molecule has 0 spiro atoms. The van der Waals surface area contributed by atoms with Gasteiger partial charge in [0, 0.05) is 31.4 Å². The van der Waals surface area contributed by atoms with E-state index in [0.29, 0.717) is 17.1 Å². The lowest BCUT2D eigenvalue weighted by Crippen LogP contribution is -2.29. The third kappa shape index (κ3) is 3.03. The number of rotatable bonds is 3. The summed E-state index contributed by atoms with van der Waals surface area (Å²) in [5.41, 5.74) is 1.97. The van der Waals surface area contributed by atoms with Crippen molar-refractivity contribution in [3.8, 4) is 0 Å². The Hall–Kier alpha value is -1.78. The summed E-state index contributed by atoms with van der Waals surface area (Å²) >= 11 is 0. The first-order valence-corrected chi connectivity index (χ1v) is 8.14. The number of nitrogens with one attached hydrogen (secondary N) is 1. The Kier molecular flexibility index (Phi) is 4.51. The lowest BCUT2D eigenvalue weighted by Gasteiger charge is -2.14. The Labute approximate surface area is 132 Å². The minimum Gasteiger partial charge on any atom is -0.352 e. The lowest BCUT2D eigenvalue weighted by molar-refractivity contribution is 0.0947. The number of carbonyl (C=O) groups is 1. The zero-order valence-corrected chi connectivity index (χ0v) is 13.1. The summed E-state index contributed by atoms with van der Waals surface area (Å²) in [5, 5.41) is 3.85. The van der Waals surface area contributed by atoms with E-state index in [1.165, 1.54) is 38.5 Å². The maximum Gasteiger partial charge on any atom is 0.253 e. The van der Waals surface area contributed by atoms with Crippen LogP contribution in [0.2, 0.25) is 0 Å². The van der Waals surface area contributed by atoms with Gasteiger partial charge in [0.05, 0.1) is 11.1 Å². The van der Waals surface area contributed by atoms with E-state index in [1.54, 1.807) is 6.20 Å². The van der Waals surface area contributed by atoms with Crippen LogP contribution in [0.4, 0.5) is 0 Å². The normalized spacial score (nSPS) is 16.6. The monoisotopic (exact) mass is 295 g/mol. The Balaban J connectivity index is 1.75. The quantitative estimate of drug-likeness (QED) is 0.696. The predicted octanol–water partition coefficient (Wildman–Crippen LogP) is 2.07. The molecule has 1 amide bonds. The van der Waals surface area contributed by atoms with Gasteiger partial charge in [-0.15, -0.1) is 0 Å². The van der Waals surface area contributed by atoms with Gasteiger partial charge in [-0.25, -0.2) is 0 Å². The van der Waals surface area contributed by atoms with Gasteiger partial charge in [-0.3, -0.25) is 9.78 Å². The molecule has 1 fully saturated rings. The summed E-state index contributed by atoms with van der Waals surface area (Å²) < 4.78 is 1.92. The number of aryl methyl sites for hydroxylation is 1. The summed E-state index contributed by atoms with van der Waals surface area (Å²) in [6.45, 7) is 0.759. The molecular weight excluding hydrogens is 273 g/mol. The van der Waals surface area contributed by atoms with Crippen LogP contribution in [0, 0.1) is 5.92 Å². The summed E-state index contributed by atoms with van der Waals surface area (Å²) in [5.74, 6) is 0.562. The minimum atomic E-state index is -0.0467. The fourth-order valence-electron chi connectivity index (χ4n) is 3.44. The Morgan fingerprint density at radius 3 is 2.82 bits per heavy atom. The number of pyridine rings is 1. The highest BCUT2D eigenvalue weighted by Crippen LogP contribution is 2.22. The van der Waals surface area contributed by atoms with E-state index in [2.05, 4.69) is 10.3 Å². The van der Waals surface area contributed by atoms with Crippen LogP contribution in [0.3, 0.4) is 0 Å². The highest BCUT2D eigenvalue weighted by molar-refractivity contribution is 6.38. The Morgan fingerprint density at radius 2 is 2.09 bits per heavy atom. The van der Waals surface area contributed by atoms with Crippen LogP contribution in [-0.4, -0.2) is 29.8 Å². The van der Waals surface area contributed by atoms with Gasteiger partial charge in [-0.1, -0.05) is 25.7 Å². The first-order valence-electron chi connectivity index (χ1n) is 8.14. The molecule has 1 aliphatic carbocycles. The molecule has 1 saturated carbocycles. The highest BCUT2D eigenvalue weighted by Gasteiger charge is 2.18. The summed E-state index contributed by atoms with van der Waals surface area (Å²) in [6, 6.07) is 1.88. The largest absolute Gasteiger partial charge is 0.352 e. The average molecular weight is 295 g/mol. The lowest BCUT2D eigenvalue weighted by atomic mass is 9.96. The van der Waals surface area contributed by atoms with Crippen molar-refractivity contribution in [1.29, 1.82) is 0 Å². The molecule has 114 valence electrons. The van der Waals surface area contributed by atoms with E-state index in [-0.39, 0.29) is 5.91 Å². The molecule has 22 heavy (non-hydrogen) atoms. The second-order valence-electron chi connectivity index (χ2n) is 6.31. The topological polar surface area (TPSA) is 46.9 Å². The number of amides is 1. The van der Waals surface area contributed by atoms with Gasteiger partial charge in [0.25, 0.3) is 5.91 Å². The fraction of sp³-hybridized carbons (Fsp3) is 0.529. The van der Waals surface area contributed by atoms with Crippen molar-refractivity contribution in [3.63, 3.8) is 0 Å².